The van der Waals surface area contributed by atoms with Gasteiger partial charge in [0.1, 0.15) is 4.88 Å². The van der Waals surface area contributed by atoms with Crippen LogP contribution in [0.1, 0.15) is 27.9 Å². The van der Waals surface area contributed by atoms with Crippen molar-refractivity contribution in [3.05, 3.63) is 64.7 Å². The molecule has 2 aromatic carbocycles. The number of carbonyl (C=O) groups is 1. The van der Waals surface area contributed by atoms with Crippen LogP contribution in [-0.2, 0) is 17.3 Å². The first-order valence-corrected chi connectivity index (χ1v) is 11.7. The van der Waals surface area contributed by atoms with Crippen LogP contribution in [0.5, 0.6) is 0 Å². The van der Waals surface area contributed by atoms with Gasteiger partial charge >= 0.3 is 12.1 Å². The number of halogens is 3. The summed E-state index contributed by atoms with van der Waals surface area (Å²) >= 11 is 2.21. The average molecular weight is 493 g/mol. The molecule has 6 nitrogen and oxygen atoms in total. The molecule has 11 heteroatoms. The molecule has 4 rings (SSSR count). The van der Waals surface area contributed by atoms with Crippen LogP contribution in [0, 0.1) is 0 Å². The van der Waals surface area contributed by atoms with Gasteiger partial charge in [-0.05, 0) is 43.2 Å². The molecule has 0 radical (unpaired) electrons. The van der Waals surface area contributed by atoms with Crippen LogP contribution in [-0.4, -0.2) is 29.1 Å². The number of alkyl halides is 3. The van der Waals surface area contributed by atoms with E-state index in [1.165, 1.54) is 6.92 Å². The predicted molar refractivity (Wildman–Crippen MR) is 125 cm³/mol. The first kappa shape index (κ1) is 23.0. The van der Waals surface area contributed by atoms with Crippen molar-refractivity contribution in [2.75, 3.05) is 23.8 Å². The van der Waals surface area contributed by atoms with Crippen molar-refractivity contribution in [2.45, 2.75) is 19.5 Å². The molecular formula is C22H19F3N4O2S2. The van der Waals surface area contributed by atoms with Crippen molar-refractivity contribution in [2.24, 2.45) is 0 Å². The van der Waals surface area contributed by atoms with Gasteiger partial charge in [0.25, 0.3) is 0 Å². The number of thiazole rings is 2. The van der Waals surface area contributed by atoms with Crippen LogP contribution in [0.2, 0.25) is 0 Å². The number of fused-ring (bicyclic) bond motifs is 1. The van der Waals surface area contributed by atoms with Crippen molar-refractivity contribution in [1.29, 1.82) is 0 Å². The molecule has 0 unspecified atom stereocenters. The van der Waals surface area contributed by atoms with Crippen LogP contribution >= 0.6 is 22.7 Å². The molecule has 0 spiro atoms. The highest BCUT2D eigenvalue weighted by molar-refractivity contribution is 7.22. The lowest BCUT2D eigenvalue weighted by molar-refractivity contribution is -0.141. The predicted octanol–water partition coefficient (Wildman–Crippen LogP) is 6.35. The molecule has 2 aromatic heterocycles. The normalized spacial score (nSPS) is 11.5. The summed E-state index contributed by atoms with van der Waals surface area (Å²) in [6, 6.07) is 15.2. The minimum atomic E-state index is -4.75. The van der Waals surface area contributed by atoms with Crippen LogP contribution in [0.4, 0.5) is 29.1 Å². The van der Waals surface area contributed by atoms with E-state index in [0.717, 1.165) is 27.3 Å². The molecule has 0 aliphatic carbocycles. The monoisotopic (exact) mass is 492 g/mol. The summed E-state index contributed by atoms with van der Waals surface area (Å²) in [6.07, 6.45) is -4.00. The van der Waals surface area contributed by atoms with Gasteiger partial charge in [0, 0.05) is 12.2 Å². The maximum absolute atomic E-state index is 13.3. The lowest BCUT2D eigenvalue weighted by Crippen LogP contribution is -2.13. The SMILES string of the molecule is CCOC(=O)c1sc(Nc2ccc(CCNc3nc4ccccc4s3)cc2)nc1C(F)(F)F. The zero-order valence-corrected chi connectivity index (χ0v) is 19.0. The molecule has 2 N–H and O–H groups in total. The highest BCUT2D eigenvalue weighted by Crippen LogP contribution is 2.37. The number of aromatic nitrogens is 2. The third kappa shape index (κ3) is 5.60. The zero-order chi connectivity index (χ0) is 23.4. The Morgan fingerprint density at radius 1 is 1.03 bits per heavy atom. The van der Waals surface area contributed by atoms with Gasteiger partial charge in [-0.1, -0.05) is 46.9 Å². The second-order valence-corrected chi connectivity index (χ2v) is 8.93. The summed E-state index contributed by atoms with van der Waals surface area (Å²) < 4.78 is 45.6. The number of esters is 1. The molecule has 0 saturated carbocycles. The highest BCUT2D eigenvalue weighted by atomic mass is 32.1. The highest BCUT2D eigenvalue weighted by Gasteiger charge is 2.40. The minimum Gasteiger partial charge on any atom is -0.462 e. The summed E-state index contributed by atoms with van der Waals surface area (Å²) in [7, 11) is 0. The number of anilines is 3. The number of nitrogens with one attached hydrogen (secondary N) is 2. The second kappa shape index (κ2) is 9.75. The molecule has 0 fully saturated rings. The maximum atomic E-state index is 13.3. The molecule has 0 aliphatic heterocycles. The Bertz CT molecular complexity index is 1220. The van der Waals surface area contributed by atoms with E-state index in [0.29, 0.717) is 23.6 Å². The molecule has 0 amide bonds. The smallest absolute Gasteiger partial charge is 0.435 e. The fourth-order valence-corrected chi connectivity index (χ4v) is 4.83. The zero-order valence-electron chi connectivity index (χ0n) is 17.4. The van der Waals surface area contributed by atoms with Crippen molar-refractivity contribution in [3.63, 3.8) is 0 Å². The van der Waals surface area contributed by atoms with Crippen molar-refractivity contribution in [3.8, 4) is 0 Å². The first-order valence-electron chi connectivity index (χ1n) is 10.0. The van der Waals surface area contributed by atoms with E-state index in [1.807, 2.05) is 36.4 Å². The molecule has 0 aliphatic rings. The van der Waals surface area contributed by atoms with Gasteiger partial charge in [-0.15, -0.1) is 0 Å². The second-order valence-electron chi connectivity index (χ2n) is 6.90. The Morgan fingerprint density at radius 2 is 1.79 bits per heavy atom. The van der Waals surface area contributed by atoms with Gasteiger partial charge in [0.05, 0.1) is 16.8 Å². The number of hydrogen-bond acceptors (Lipinski definition) is 8. The minimum absolute atomic E-state index is 0.0217. The van der Waals surface area contributed by atoms with Gasteiger partial charge in [0.15, 0.2) is 16.0 Å². The Morgan fingerprint density at radius 3 is 2.48 bits per heavy atom. The van der Waals surface area contributed by atoms with Gasteiger partial charge in [-0.2, -0.15) is 13.2 Å². The molecule has 2 heterocycles. The Hall–Kier alpha value is -3.18. The Kier molecular flexibility index (Phi) is 6.80. The number of carbonyl (C=O) groups excluding carboxylic acids is 1. The van der Waals surface area contributed by atoms with E-state index in [9.17, 15) is 18.0 Å². The number of benzene rings is 2. The molecular weight excluding hydrogens is 473 g/mol. The van der Waals surface area contributed by atoms with Crippen LogP contribution in [0.3, 0.4) is 0 Å². The molecule has 4 aromatic rings. The molecule has 0 bridgehead atoms. The van der Waals surface area contributed by atoms with Crippen LogP contribution < -0.4 is 10.6 Å². The number of hydrogen-bond donors (Lipinski definition) is 2. The van der Waals surface area contributed by atoms with Crippen LogP contribution in [0.15, 0.2) is 48.5 Å². The molecule has 0 atom stereocenters. The summed E-state index contributed by atoms with van der Waals surface area (Å²) in [4.78, 5) is 19.4. The topological polar surface area (TPSA) is 76.1 Å². The van der Waals surface area contributed by atoms with E-state index < -0.39 is 22.7 Å². The summed E-state index contributed by atoms with van der Waals surface area (Å²) in [6.45, 7) is 2.20. The van der Waals surface area contributed by atoms with Crippen molar-refractivity contribution in [1.82, 2.24) is 9.97 Å². The van der Waals surface area contributed by atoms with Gasteiger partial charge in [-0.3, -0.25) is 0 Å². The Balaban J connectivity index is 1.37. The van der Waals surface area contributed by atoms with E-state index in [-0.39, 0.29) is 11.7 Å². The third-order valence-corrected chi connectivity index (χ3v) is 6.49. The van der Waals surface area contributed by atoms with E-state index >= 15 is 0 Å². The molecule has 33 heavy (non-hydrogen) atoms. The van der Waals surface area contributed by atoms with Gasteiger partial charge < -0.3 is 15.4 Å². The summed E-state index contributed by atoms with van der Waals surface area (Å²) in [5.41, 5.74) is 1.33. The van der Waals surface area contributed by atoms with E-state index in [4.69, 9.17) is 4.74 Å². The van der Waals surface area contributed by atoms with Crippen molar-refractivity contribution >= 4 is 54.8 Å². The maximum Gasteiger partial charge on any atom is 0.435 e. The standard InChI is InChI=1S/C22H19F3N4O2S2/c1-2-31-19(30)17-18(22(23,24)25)29-21(33-17)27-14-9-7-13(8-10-14)11-12-26-20-28-15-5-3-4-6-16(15)32-20/h3-10H,2,11-12H2,1H3,(H,26,28)(H,27,29). The number of para-hydroxylation sites is 1. The average Bonchev–Trinajstić information content (AvgIpc) is 3.39. The summed E-state index contributed by atoms with van der Waals surface area (Å²) in [5.74, 6) is -1.04. The third-order valence-electron chi connectivity index (χ3n) is 4.55. The fraction of sp³-hybridized carbons (Fsp3) is 0.227. The number of ether oxygens (including phenoxy) is 1. The fourth-order valence-electron chi connectivity index (χ4n) is 3.04. The molecule has 0 saturated heterocycles. The first-order chi connectivity index (χ1) is 15.8. The number of nitrogens with zero attached hydrogens (tertiary/aromatic N) is 2. The quantitative estimate of drug-likeness (QED) is 0.279. The largest absolute Gasteiger partial charge is 0.462 e. The van der Waals surface area contributed by atoms with Crippen LogP contribution in [0.25, 0.3) is 10.2 Å². The van der Waals surface area contributed by atoms with Crippen molar-refractivity contribution < 1.29 is 22.7 Å². The lowest BCUT2D eigenvalue weighted by Gasteiger charge is -2.06. The lowest BCUT2D eigenvalue weighted by atomic mass is 10.1. The van der Waals surface area contributed by atoms with Gasteiger partial charge in [0.2, 0.25) is 0 Å². The summed E-state index contributed by atoms with van der Waals surface area (Å²) in [5, 5.41) is 6.97. The Labute approximate surface area is 195 Å². The number of rotatable bonds is 8. The van der Waals surface area contributed by atoms with E-state index in [1.54, 1.807) is 23.5 Å². The van der Waals surface area contributed by atoms with Gasteiger partial charge in [-0.25, -0.2) is 14.8 Å². The molecule has 172 valence electrons. The van der Waals surface area contributed by atoms with E-state index in [2.05, 4.69) is 20.6 Å².